The largest absolute Gasteiger partial charge is 0.497 e. The molecule has 1 atom stereocenters. The second kappa shape index (κ2) is 6.09. The van der Waals surface area contributed by atoms with Crippen LogP contribution in [0.4, 0.5) is 0 Å². The lowest BCUT2D eigenvalue weighted by atomic mass is 9.90. The molecule has 0 unspecified atom stereocenters. The Morgan fingerprint density at radius 3 is 2.29 bits per heavy atom. The monoisotopic (exact) mass is 234 g/mol. The molecule has 0 aromatic heterocycles. The molecule has 0 aliphatic carbocycles. The van der Waals surface area contributed by atoms with Crippen molar-refractivity contribution in [3.8, 4) is 5.75 Å². The van der Waals surface area contributed by atoms with Crippen LogP contribution in [0.2, 0.25) is 0 Å². The summed E-state index contributed by atoms with van der Waals surface area (Å²) in [6, 6.07) is 7.65. The third kappa shape index (κ3) is 3.09. The van der Waals surface area contributed by atoms with E-state index in [-0.39, 0.29) is 11.9 Å². The summed E-state index contributed by atoms with van der Waals surface area (Å²) in [7, 11) is 2.99. The summed E-state index contributed by atoms with van der Waals surface area (Å²) in [5.74, 6) is 0.438. The van der Waals surface area contributed by atoms with Gasteiger partial charge in [0, 0.05) is 11.5 Å². The highest BCUT2D eigenvalue weighted by Crippen LogP contribution is 2.28. The highest BCUT2D eigenvalue weighted by molar-refractivity contribution is 5.89. The molecule has 0 radical (unpaired) electrons. The van der Waals surface area contributed by atoms with Crippen LogP contribution in [-0.4, -0.2) is 20.2 Å². The van der Waals surface area contributed by atoms with Crippen LogP contribution in [0.25, 0.3) is 0 Å². The van der Waals surface area contributed by atoms with Gasteiger partial charge in [-0.15, -0.1) is 0 Å². The second-order valence-corrected chi connectivity index (χ2v) is 3.75. The first kappa shape index (κ1) is 13.3. The van der Waals surface area contributed by atoms with Crippen molar-refractivity contribution in [1.29, 1.82) is 0 Å². The van der Waals surface area contributed by atoms with Crippen molar-refractivity contribution in [1.82, 2.24) is 0 Å². The van der Waals surface area contributed by atoms with E-state index in [1.165, 1.54) is 7.11 Å². The molecule has 0 spiro atoms. The minimum Gasteiger partial charge on any atom is -0.497 e. The molecule has 0 fully saturated rings. The van der Waals surface area contributed by atoms with Gasteiger partial charge in [-0.25, -0.2) is 4.79 Å². The highest BCUT2D eigenvalue weighted by Gasteiger charge is 2.19. The molecular formula is C14H18O3. The van der Waals surface area contributed by atoms with Crippen LogP contribution in [0.5, 0.6) is 5.75 Å². The van der Waals surface area contributed by atoms with Gasteiger partial charge in [-0.05, 0) is 24.1 Å². The minimum atomic E-state index is -0.354. The first-order chi connectivity index (χ1) is 8.13. The van der Waals surface area contributed by atoms with E-state index in [1.54, 1.807) is 7.11 Å². The number of ether oxygens (including phenoxy) is 2. The summed E-state index contributed by atoms with van der Waals surface area (Å²) in [5, 5.41) is 0. The predicted molar refractivity (Wildman–Crippen MR) is 67.2 cm³/mol. The molecular weight excluding hydrogens is 216 g/mol. The minimum absolute atomic E-state index is 0.00615. The van der Waals surface area contributed by atoms with Crippen LogP contribution < -0.4 is 4.74 Å². The molecule has 0 N–H and O–H groups in total. The van der Waals surface area contributed by atoms with E-state index in [4.69, 9.17) is 9.47 Å². The van der Waals surface area contributed by atoms with Crippen molar-refractivity contribution < 1.29 is 14.3 Å². The fourth-order valence-electron chi connectivity index (χ4n) is 1.79. The average Bonchev–Trinajstić information content (AvgIpc) is 2.39. The van der Waals surface area contributed by atoms with E-state index in [0.29, 0.717) is 5.57 Å². The normalized spacial score (nSPS) is 11.7. The lowest BCUT2D eigenvalue weighted by molar-refractivity contribution is -0.136. The Kier molecular flexibility index (Phi) is 4.76. The van der Waals surface area contributed by atoms with Crippen LogP contribution in [0.3, 0.4) is 0 Å². The summed E-state index contributed by atoms with van der Waals surface area (Å²) < 4.78 is 9.80. The zero-order valence-corrected chi connectivity index (χ0v) is 10.5. The molecule has 1 rings (SSSR count). The SMILES string of the molecule is C=C(C(=O)OC)[C@H](CC)c1ccc(OC)cc1. The smallest absolute Gasteiger partial charge is 0.333 e. The van der Waals surface area contributed by atoms with Gasteiger partial charge < -0.3 is 9.47 Å². The molecule has 17 heavy (non-hydrogen) atoms. The third-order valence-corrected chi connectivity index (χ3v) is 2.79. The van der Waals surface area contributed by atoms with Crippen LogP contribution in [0.15, 0.2) is 36.4 Å². The number of benzene rings is 1. The van der Waals surface area contributed by atoms with Crippen LogP contribution >= 0.6 is 0 Å². The molecule has 0 aliphatic rings. The van der Waals surface area contributed by atoms with Crippen LogP contribution in [0.1, 0.15) is 24.8 Å². The van der Waals surface area contributed by atoms with E-state index in [1.807, 2.05) is 31.2 Å². The van der Waals surface area contributed by atoms with Gasteiger partial charge in [0.25, 0.3) is 0 Å². The number of carbonyl (C=O) groups is 1. The number of carbonyl (C=O) groups excluding carboxylic acids is 1. The maximum atomic E-state index is 11.5. The lowest BCUT2D eigenvalue weighted by Gasteiger charge is -2.16. The number of methoxy groups -OCH3 is 2. The molecule has 3 nitrogen and oxygen atoms in total. The Bertz CT molecular complexity index is 392. The van der Waals surface area contributed by atoms with Crippen molar-refractivity contribution in [3.63, 3.8) is 0 Å². The number of hydrogen-bond acceptors (Lipinski definition) is 3. The van der Waals surface area contributed by atoms with Gasteiger partial charge in [-0.2, -0.15) is 0 Å². The summed E-state index contributed by atoms with van der Waals surface area (Å²) in [4.78, 5) is 11.5. The quantitative estimate of drug-likeness (QED) is 0.580. The molecule has 92 valence electrons. The fourth-order valence-corrected chi connectivity index (χ4v) is 1.79. The molecule has 1 aromatic carbocycles. The summed E-state index contributed by atoms with van der Waals surface area (Å²) >= 11 is 0. The summed E-state index contributed by atoms with van der Waals surface area (Å²) in [6.45, 7) is 5.83. The van der Waals surface area contributed by atoms with Gasteiger partial charge in [0.05, 0.1) is 14.2 Å². The van der Waals surface area contributed by atoms with Gasteiger partial charge in [-0.3, -0.25) is 0 Å². The standard InChI is InChI=1S/C14H18O3/c1-5-13(10(2)14(15)17-4)11-6-8-12(16-3)9-7-11/h6-9,13H,2,5H2,1,3-4H3/t13-/m0/s1. The maximum Gasteiger partial charge on any atom is 0.333 e. The van der Waals surface area contributed by atoms with Crippen molar-refractivity contribution in [2.75, 3.05) is 14.2 Å². The van der Waals surface area contributed by atoms with Gasteiger partial charge in [0.2, 0.25) is 0 Å². The number of esters is 1. The molecule has 0 aliphatic heterocycles. The molecule has 0 amide bonds. The van der Waals surface area contributed by atoms with Crippen molar-refractivity contribution in [2.45, 2.75) is 19.3 Å². The average molecular weight is 234 g/mol. The van der Waals surface area contributed by atoms with Crippen molar-refractivity contribution in [2.24, 2.45) is 0 Å². The van der Waals surface area contributed by atoms with Crippen LogP contribution in [-0.2, 0) is 9.53 Å². The molecule has 0 bridgehead atoms. The topological polar surface area (TPSA) is 35.5 Å². The lowest BCUT2D eigenvalue weighted by Crippen LogP contribution is -2.11. The Morgan fingerprint density at radius 2 is 1.88 bits per heavy atom. The first-order valence-electron chi connectivity index (χ1n) is 5.55. The number of hydrogen-bond donors (Lipinski definition) is 0. The molecule has 0 saturated carbocycles. The van der Waals surface area contributed by atoms with E-state index >= 15 is 0 Å². The van der Waals surface area contributed by atoms with Gasteiger partial charge >= 0.3 is 5.97 Å². The maximum absolute atomic E-state index is 11.5. The molecule has 0 heterocycles. The summed E-state index contributed by atoms with van der Waals surface area (Å²) in [5.41, 5.74) is 1.53. The van der Waals surface area contributed by atoms with E-state index < -0.39 is 0 Å². The van der Waals surface area contributed by atoms with E-state index in [0.717, 1.165) is 17.7 Å². The van der Waals surface area contributed by atoms with E-state index in [2.05, 4.69) is 6.58 Å². The Morgan fingerprint density at radius 1 is 1.29 bits per heavy atom. The zero-order chi connectivity index (χ0) is 12.8. The van der Waals surface area contributed by atoms with Gasteiger partial charge in [0.1, 0.15) is 5.75 Å². The third-order valence-electron chi connectivity index (χ3n) is 2.79. The number of rotatable bonds is 5. The summed E-state index contributed by atoms with van der Waals surface area (Å²) in [6.07, 6.45) is 0.806. The fraction of sp³-hybridized carbons (Fsp3) is 0.357. The zero-order valence-electron chi connectivity index (χ0n) is 10.5. The Hall–Kier alpha value is -1.77. The van der Waals surface area contributed by atoms with Crippen molar-refractivity contribution >= 4 is 5.97 Å². The molecule has 1 aromatic rings. The predicted octanol–water partition coefficient (Wildman–Crippen LogP) is 2.92. The highest BCUT2D eigenvalue weighted by atomic mass is 16.5. The second-order valence-electron chi connectivity index (χ2n) is 3.75. The first-order valence-corrected chi connectivity index (χ1v) is 5.55. The van der Waals surface area contributed by atoms with Gasteiger partial charge in [-0.1, -0.05) is 25.6 Å². The van der Waals surface area contributed by atoms with Crippen LogP contribution in [0, 0.1) is 0 Å². The van der Waals surface area contributed by atoms with Gasteiger partial charge in [0.15, 0.2) is 0 Å². The van der Waals surface area contributed by atoms with E-state index in [9.17, 15) is 4.79 Å². The Balaban J connectivity index is 2.93. The molecule has 3 heteroatoms. The molecule has 0 saturated heterocycles. The Labute approximate surface area is 102 Å². The van der Waals surface area contributed by atoms with Crippen molar-refractivity contribution in [3.05, 3.63) is 42.0 Å².